The molecule has 2 N–H and O–H groups in total. The fraction of sp³-hybridized carbons (Fsp3) is 0.250. The van der Waals surface area contributed by atoms with Crippen molar-refractivity contribution in [3.8, 4) is 5.75 Å². The van der Waals surface area contributed by atoms with Gasteiger partial charge in [-0.1, -0.05) is 29.3 Å². The second kappa shape index (κ2) is 5.08. The molecular weight excluding hydrogens is 273 g/mol. The van der Waals surface area contributed by atoms with Crippen LogP contribution in [0.15, 0.2) is 18.2 Å². The van der Waals surface area contributed by atoms with Crippen LogP contribution < -0.4 is 10.5 Å². The molecule has 1 aromatic heterocycles. The fourth-order valence-electron chi connectivity index (χ4n) is 1.56. The number of hydrogen-bond donors (Lipinski definition) is 1. The fourth-order valence-corrected chi connectivity index (χ4v) is 1.91. The van der Waals surface area contributed by atoms with Crippen LogP contribution in [0.1, 0.15) is 11.4 Å². The normalized spacial score (nSPS) is 10.7. The van der Waals surface area contributed by atoms with Gasteiger partial charge in [0.15, 0.2) is 6.73 Å². The van der Waals surface area contributed by atoms with E-state index in [1.54, 1.807) is 22.9 Å². The molecule has 1 aromatic carbocycles. The Morgan fingerprint density at radius 1 is 1.33 bits per heavy atom. The van der Waals surface area contributed by atoms with E-state index in [9.17, 15) is 0 Å². The van der Waals surface area contributed by atoms with Crippen LogP contribution >= 0.6 is 23.2 Å². The summed E-state index contributed by atoms with van der Waals surface area (Å²) in [7, 11) is 0. The molecule has 2 rings (SSSR count). The van der Waals surface area contributed by atoms with E-state index in [0.717, 1.165) is 11.4 Å². The summed E-state index contributed by atoms with van der Waals surface area (Å²) >= 11 is 11.9. The number of nitrogen functional groups attached to an aromatic ring is 1. The van der Waals surface area contributed by atoms with Gasteiger partial charge in [-0.25, -0.2) is 4.68 Å². The number of nitrogens with zero attached hydrogens (tertiary/aromatic N) is 2. The van der Waals surface area contributed by atoms with Gasteiger partial charge in [0.2, 0.25) is 0 Å². The van der Waals surface area contributed by atoms with Gasteiger partial charge < -0.3 is 10.5 Å². The molecule has 0 bridgehead atoms. The summed E-state index contributed by atoms with van der Waals surface area (Å²) in [6, 6.07) is 5.24. The Balaban J connectivity index is 2.16. The van der Waals surface area contributed by atoms with Crippen molar-refractivity contribution in [2.75, 3.05) is 5.73 Å². The minimum Gasteiger partial charge on any atom is -0.470 e. The van der Waals surface area contributed by atoms with Gasteiger partial charge in [0.05, 0.1) is 22.1 Å². The van der Waals surface area contributed by atoms with E-state index in [1.807, 2.05) is 13.8 Å². The van der Waals surface area contributed by atoms with E-state index in [4.69, 9.17) is 33.7 Å². The second-order valence-electron chi connectivity index (χ2n) is 3.91. The summed E-state index contributed by atoms with van der Waals surface area (Å²) < 4.78 is 7.26. The number of aromatic nitrogens is 2. The molecule has 0 aliphatic carbocycles. The third kappa shape index (κ3) is 2.40. The molecule has 0 unspecified atom stereocenters. The molecule has 0 saturated heterocycles. The lowest BCUT2D eigenvalue weighted by atomic mass is 10.3. The standard InChI is InChI=1S/C12H13Cl2N3O/c1-7-12(15)8(2)17(16-7)6-18-10-5-3-4-9(13)11(10)14/h3-5H,6,15H2,1-2H3. The number of halogens is 2. The number of ether oxygens (including phenoxy) is 1. The highest BCUT2D eigenvalue weighted by molar-refractivity contribution is 6.42. The molecule has 2 aromatic rings. The highest BCUT2D eigenvalue weighted by atomic mass is 35.5. The van der Waals surface area contributed by atoms with Crippen molar-refractivity contribution in [2.24, 2.45) is 0 Å². The van der Waals surface area contributed by atoms with Crippen LogP contribution in [-0.2, 0) is 6.73 Å². The molecule has 6 heteroatoms. The molecule has 0 amide bonds. The van der Waals surface area contributed by atoms with Crippen LogP contribution in [0.5, 0.6) is 5.75 Å². The van der Waals surface area contributed by atoms with Gasteiger partial charge in [-0.05, 0) is 26.0 Å². The van der Waals surface area contributed by atoms with E-state index in [1.165, 1.54) is 0 Å². The molecule has 4 nitrogen and oxygen atoms in total. The molecule has 96 valence electrons. The maximum Gasteiger partial charge on any atom is 0.181 e. The van der Waals surface area contributed by atoms with E-state index in [-0.39, 0.29) is 6.73 Å². The molecule has 1 heterocycles. The van der Waals surface area contributed by atoms with Crippen molar-refractivity contribution in [3.63, 3.8) is 0 Å². The highest BCUT2D eigenvalue weighted by Crippen LogP contribution is 2.31. The first kappa shape index (κ1) is 13.1. The zero-order chi connectivity index (χ0) is 13.3. The lowest BCUT2D eigenvalue weighted by Gasteiger charge is -2.10. The first-order valence-corrected chi connectivity index (χ1v) is 6.12. The minimum absolute atomic E-state index is 0.240. The van der Waals surface area contributed by atoms with Gasteiger partial charge in [-0.2, -0.15) is 5.10 Å². The molecule has 0 radical (unpaired) electrons. The topological polar surface area (TPSA) is 53.1 Å². The zero-order valence-corrected chi connectivity index (χ0v) is 11.6. The second-order valence-corrected chi connectivity index (χ2v) is 4.69. The summed E-state index contributed by atoms with van der Waals surface area (Å²) in [5.41, 5.74) is 8.17. The van der Waals surface area contributed by atoms with Crippen LogP contribution in [0, 0.1) is 13.8 Å². The van der Waals surface area contributed by atoms with Gasteiger partial charge in [0.1, 0.15) is 10.8 Å². The Morgan fingerprint density at radius 3 is 2.67 bits per heavy atom. The summed E-state index contributed by atoms with van der Waals surface area (Å²) in [6.45, 7) is 3.98. The van der Waals surface area contributed by atoms with Gasteiger partial charge in [0, 0.05) is 0 Å². The minimum atomic E-state index is 0.240. The van der Waals surface area contributed by atoms with Gasteiger partial charge in [-0.3, -0.25) is 0 Å². The highest BCUT2D eigenvalue weighted by Gasteiger charge is 2.10. The van der Waals surface area contributed by atoms with Crippen LogP contribution in [0.4, 0.5) is 5.69 Å². The Bertz CT molecular complexity index is 581. The monoisotopic (exact) mass is 285 g/mol. The van der Waals surface area contributed by atoms with Crippen LogP contribution in [-0.4, -0.2) is 9.78 Å². The maximum absolute atomic E-state index is 6.02. The molecule has 0 aliphatic rings. The first-order chi connectivity index (χ1) is 8.50. The summed E-state index contributed by atoms with van der Waals surface area (Å²) in [5, 5.41) is 5.12. The number of nitrogens with two attached hydrogens (primary N) is 1. The summed E-state index contributed by atoms with van der Waals surface area (Å²) in [6.07, 6.45) is 0. The number of anilines is 1. The van der Waals surface area contributed by atoms with Gasteiger partial charge in [-0.15, -0.1) is 0 Å². The molecule has 18 heavy (non-hydrogen) atoms. The first-order valence-electron chi connectivity index (χ1n) is 5.37. The molecule has 0 spiro atoms. The van der Waals surface area contributed by atoms with Crippen molar-refractivity contribution < 1.29 is 4.74 Å². The molecule has 0 aliphatic heterocycles. The number of rotatable bonds is 3. The zero-order valence-electron chi connectivity index (χ0n) is 10.1. The predicted octanol–water partition coefficient (Wildman–Crippen LogP) is 3.43. The molecular formula is C12H13Cl2N3O. The summed E-state index contributed by atoms with van der Waals surface area (Å²) in [4.78, 5) is 0. The Kier molecular flexibility index (Phi) is 3.68. The number of hydrogen-bond acceptors (Lipinski definition) is 3. The average molecular weight is 286 g/mol. The van der Waals surface area contributed by atoms with E-state index < -0.39 is 0 Å². The molecule has 0 saturated carbocycles. The quantitative estimate of drug-likeness (QED) is 0.940. The smallest absolute Gasteiger partial charge is 0.181 e. The maximum atomic E-state index is 6.02. The third-order valence-corrected chi connectivity index (χ3v) is 3.50. The van der Waals surface area contributed by atoms with Gasteiger partial charge in [0.25, 0.3) is 0 Å². The van der Waals surface area contributed by atoms with Crippen LogP contribution in [0.25, 0.3) is 0 Å². The van der Waals surface area contributed by atoms with Crippen molar-refractivity contribution in [2.45, 2.75) is 20.6 Å². The van der Waals surface area contributed by atoms with Crippen molar-refractivity contribution in [3.05, 3.63) is 39.6 Å². The number of aryl methyl sites for hydroxylation is 1. The average Bonchev–Trinajstić information content (AvgIpc) is 2.59. The van der Waals surface area contributed by atoms with Crippen molar-refractivity contribution in [1.29, 1.82) is 0 Å². The SMILES string of the molecule is Cc1nn(COc2cccc(Cl)c2Cl)c(C)c1N. The van der Waals surface area contributed by atoms with E-state index in [0.29, 0.717) is 21.5 Å². The third-order valence-electron chi connectivity index (χ3n) is 2.70. The molecule has 0 atom stereocenters. The Hall–Kier alpha value is -1.39. The molecule has 0 fully saturated rings. The Morgan fingerprint density at radius 2 is 2.06 bits per heavy atom. The summed E-state index contributed by atoms with van der Waals surface area (Å²) in [5.74, 6) is 0.523. The number of benzene rings is 1. The van der Waals surface area contributed by atoms with E-state index >= 15 is 0 Å². The van der Waals surface area contributed by atoms with Gasteiger partial charge >= 0.3 is 0 Å². The van der Waals surface area contributed by atoms with Crippen molar-refractivity contribution in [1.82, 2.24) is 9.78 Å². The van der Waals surface area contributed by atoms with E-state index in [2.05, 4.69) is 5.10 Å². The van der Waals surface area contributed by atoms with Crippen LogP contribution in [0.3, 0.4) is 0 Å². The lowest BCUT2D eigenvalue weighted by Crippen LogP contribution is -2.09. The largest absolute Gasteiger partial charge is 0.470 e. The van der Waals surface area contributed by atoms with Crippen molar-refractivity contribution >= 4 is 28.9 Å². The predicted molar refractivity (Wildman–Crippen MR) is 73.2 cm³/mol. The van der Waals surface area contributed by atoms with Crippen LogP contribution in [0.2, 0.25) is 10.0 Å². The lowest BCUT2D eigenvalue weighted by molar-refractivity contribution is 0.218. The Labute approximate surface area is 115 Å².